The highest BCUT2D eigenvalue weighted by Crippen LogP contribution is 2.36. The molecule has 2 aromatic heterocycles. The molecule has 9 rings (SSSR count). The van der Waals surface area contributed by atoms with Crippen LogP contribution in [-0.4, -0.2) is 103 Å². The smallest absolute Gasteiger partial charge is 0.328 e. The molecule has 286 valence electrons. The van der Waals surface area contributed by atoms with Crippen LogP contribution in [0.25, 0.3) is 0 Å². The molecule has 3 fully saturated rings. The lowest BCUT2D eigenvalue weighted by atomic mass is 10.0. The number of carbonyl (C=O) groups is 2. The van der Waals surface area contributed by atoms with Crippen molar-refractivity contribution in [1.29, 1.82) is 0 Å². The van der Waals surface area contributed by atoms with E-state index in [0.29, 0.717) is 44.0 Å². The first-order valence-electron chi connectivity index (χ1n) is 19.7. The van der Waals surface area contributed by atoms with Gasteiger partial charge in [0.1, 0.15) is 12.3 Å². The molecule has 0 unspecified atom stereocenters. The molecular formula is C41H49N11O3. The number of nitrogens with one attached hydrogen (secondary N) is 3. The molecule has 5 aliphatic heterocycles. The van der Waals surface area contributed by atoms with E-state index in [4.69, 9.17) is 9.72 Å². The quantitative estimate of drug-likeness (QED) is 0.239. The van der Waals surface area contributed by atoms with Gasteiger partial charge in [0.05, 0.1) is 24.1 Å². The molecule has 3 saturated heterocycles. The van der Waals surface area contributed by atoms with E-state index in [2.05, 4.69) is 88.8 Å². The molecule has 0 atom stereocenters. The molecule has 55 heavy (non-hydrogen) atoms. The van der Waals surface area contributed by atoms with Crippen molar-refractivity contribution in [3.8, 4) is 5.88 Å². The fourth-order valence-electron chi connectivity index (χ4n) is 8.75. The van der Waals surface area contributed by atoms with Gasteiger partial charge in [-0.15, -0.1) is 0 Å². The highest BCUT2D eigenvalue weighted by atomic mass is 16.5. The number of anilines is 7. The van der Waals surface area contributed by atoms with Gasteiger partial charge in [-0.2, -0.15) is 0 Å². The molecule has 14 heteroatoms. The van der Waals surface area contributed by atoms with Crippen molar-refractivity contribution < 1.29 is 14.3 Å². The lowest BCUT2D eigenvalue weighted by molar-refractivity contribution is -0.120. The number of pyridine rings is 1. The SMILES string of the molecule is Cc1cc(N2CCC(N3CCN(c4ccc(Nc5ncc6c(n5)CN(c5cnc7c(c5C)NCCO7)CC6)cc4)CC3)CC2)ccc1N1CCC(=O)NC1=O. The predicted octanol–water partition coefficient (Wildman–Crippen LogP) is 4.84. The summed E-state index contributed by atoms with van der Waals surface area (Å²) in [5.41, 5.74) is 10.8. The summed E-state index contributed by atoms with van der Waals surface area (Å²) in [5.74, 6) is 1.09. The van der Waals surface area contributed by atoms with Crippen molar-refractivity contribution in [2.24, 2.45) is 0 Å². The van der Waals surface area contributed by atoms with E-state index < -0.39 is 0 Å². The molecule has 7 heterocycles. The Morgan fingerprint density at radius 1 is 0.800 bits per heavy atom. The van der Waals surface area contributed by atoms with Crippen LogP contribution in [-0.2, 0) is 17.8 Å². The van der Waals surface area contributed by atoms with Crippen LogP contribution in [0.3, 0.4) is 0 Å². The van der Waals surface area contributed by atoms with Crippen LogP contribution in [0.5, 0.6) is 5.88 Å². The average molecular weight is 744 g/mol. The van der Waals surface area contributed by atoms with Crippen LogP contribution >= 0.6 is 0 Å². The first-order valence-corrected chi connectivity index (χ1v) is 19.7. The third-order valence-corrected chi connectivity index (χ3v) is 11.9. The number of aryl methyl sites for hydroxylation is 1. The predicted molar refractivity (Wildman–Crippen MR) is 215 cm³/mol. The average Bonchev–Trinajstić information content (AvgIpc) is 3.21. The third-order valence-electron chi connectivity index (χ3n) is 11.9. The van der Waals surface area contributed by atoms with Crippen molar-refractivity contribution >= 4 is 52.0 Å². The summed E-state index contributed by atoms with van der Waals surface area (Å²) in [6, 6.07) is 15.2. The summed E-state index contributed by atoms with van der Waals surface area (Å²) in [5, 5.41) is 9.32. The summed E-state index contributed by atoms with van der Waals surface area (Å²) in [6.07, 6.45) is 7.38. The van der Waals surface area contributed by atoms with Gasteiger partial charge in [-0.05, 0) is 86.7 Å². The number of aromatic nitrogens is 3. The van der Waals surface area contributed by atoms with Crippen LogP contribution in [0.1, 0.15) is 41.6 Å². The van der Waals surface area contributed by atoms with Gasteiger partial charge in [0.25, 0.3) is 0 Å². The molecule has 0 spiro atoms. The van der Waals surface area contributed by atoms with Crippen molar-refractivity contribution in [2.45, 2.75) is 52.1 Å². The Hall–Kier alpha value is -5.63. The molecule has 0 bridgehead atoms. The van der Waals surface area contributed by atoms with Gasteiger partial charge in [-0.1, -0.05) is 0 Å². The van der Waals surface area contributed by atoms with Gasteiger partial charge >= 0.3 is 6.03 Å². The highest BCUT2D eigenvalue weighted by Gasteiger charge is 2.30. The van der Waals surface area contributed by atoms with Crippen LogP contribution in [0, 0.1) is 13.8 Å². The summed E-state index contributed by atoms with van der Waals surface area (Å²) < 4.78 is 5.74. The summed E-state index contributed by atoms with van der Waals surface area (Å²) >= 11 is 0. The molecule has 2 aromatic carbocycles. The lowest BCUT2D eigenvalue weighted by Gasteiger charge is -2.44. The van der Waals surface area contributed by atoms with E-state index in [1.807, 2.05) is 25.4 Å². The largest absolute Gasteiger partial charge is 0.474 e. The Labute approximate surface area is 321 Å². The van der Waals surface area contributed by atoms with E-state index >= 15 is 0 Å². The monoisotopic (exact) mass is 743 g/mol. The molecule has 4 aromatic rings. The van der Waals surface area contributed by atoms with Gasteiger partial charge in [0.2, 0.25) is 17.7 Å². The maximum atomic E-state index is 12.4. The number of urea groups is 1. The zero-order valence-electron chi connectivity index (χ0n) is 31.7. The zero-order valence-corrected chi connectivity index (χ0v) is 31.7. The number of fused-ring (bicyclic) bond motifs is 2. The van der Waals surface area contributed by atoms with Crippen molar-refractivity contribution in [3.05, 3.63) is 77.2 Å². The molecule has 0 saturated carbocycles. The molecule has 3 amide bonds. The fraction of sp³-hybridized carbons (Fsp3) is 0.439. The Morgan fingerprint density at radius 3 is 2.36 bits per heavy atom. The number of nitrogens with zero attached hydrogens (tertiary/aromatic N) is 8. The molecule has 5 aliphatic rings. The second kappa shape index (κ2) is 14.9. The number of piperidine rings is 1. The number of hydrogen-bond acceptors (Lipinski definition) is 12. The standard InChI is InChI=1S/C41H49N11O3/c1-27-23-33(7-8-35(27)52-17-12-37(53)47-41(52)54)48-15-10-32(11-16-48)50-20-18-49(19-21-50)31-5-3-30(4-6-31)45-40-44-24-29-9-14-51(26-34(29)46-40)36-25-43-39-38(28(36)2)42-13-22-55-39/h3-8,23-25,32,42H,9-22,26H2,1-2H3,(H,44,45,46)(H,47,53,54). The van der Waals surface area contributed by atoms with Crippen LogP contribution < -0.4 is 40.3 Å². The van der Waals surface area contributed by atoms with E-state index in [0.717, 1.165) is 111 Å². The Kier molecular flexibility index (Phi) is 9.50. The van der Waals surface area contributed by atoms with Gasteiger partial charge in [0, 0.05) is 106 Å². The topological polar surface area (TPSA) is 134 Å². The summed E-state index contributed by atoms with van der Waals surface area (Å²) in [6.45, 7) is 13.8. The normalized spacial score (nSPS) is 19.3. The minimum Gasteiger partial charge on any atom is -0.474 e. The minimum absolute atomic E-state index is 0.211. The molecule has 3 N–H and O–H groups in total. The van der Waals surface area contributed by atoms with E-state index in [1.54, 1.807) is 4.90 Å². The number of piperazine rings is 1. The van der Waals surface area contributed by atoms with E-state index in [9.17, 15) is 9.59 Å². The van der Waals surface area contributed by atoms with E-state index in [-0.39, 0.29) is 11.9 Å². The highest BCUT2D eigenvalue weighted by molar-refractivity contribution is 6.06. The van der Waals surface area contributed by atoms with Crippen LogP contribution in [0.4, 0.5) is 44.9 Å². The number of imide groups is 1. The van der Waals surface area contributed by atoms with E-state index in [1.165, 1.54) is 16.9 Å². The zero-order chi connectivity index (χ0) is 37.5. The molecule has 14 nitrogen and oxygen atoms in total. The Balaban J connectivity index is 0.757. The van der Waals surface area contributed by atoms with Gasteiger partial charge in [-0.25, -0.2) is 19.7 Å². The maximum Gasteiger partial charge on any atom is 0.328 e. The number of rotatable bonds is 7. The molecular weight excluding hydrogens is 695 g/mol. The Bertz CT molecular complexity index is 2080. The first kappa shape index (κ1) is 35.1. The fourth-order valence-corrected chi connectivity index (χ4v) is 8.75. The minimum atomic E-state index is -0.337. The molecule has 0 radical (unpaired) electrons. The van der Waals surface area contributed by atoms with Gasteiger partial charge < -0.3 is 30.1 Å². The second-order valence-electron chi connectivity index (χ2n) is 15.2. The number of carbonyl (C=O) groups excluding carboxylic acids is 2. The van der Waals surface area contributed by atoms with Crippen molar-refractivity contribution in [3.63, 3.8) is 0 Å². The second-order valence-corrected chi connectivity index (χ2v) is 15.2. The number of amides is 3. The molecule has 0 aliphatic carbocycles. The van der Waals surface area contributed by atoms with Crippen LogP contribution in [0.15, 0.2) is 54.9 Å². The number of benzene rings is 2. The van der Waals surface area contributed by atoms with Crippen LogP contribution in [0.2, 0.25) is 0 Å². The van der Waals surface area contributed by atoms with Gasteiger partial charge in [-0.3, -0.25) is 19.9 Å². The first-order chi connectivity index (χ1) is 26.9. The van der Waals surface area contributed by atoms with Crippen molar-refractivity contribution in [2.75, 3.05) is 95.7 Å². The van der Waals surface area contributed by atoms with Crippen molar-refractivity contribution in [1.82, 2.24) is 25.2 Å². The number of hydrogen-bond donors (Lipinski definition) is 3. The Morgan fingerprint density at radius 2 is 1.58 bits per heavy atom. The summed E-state index contributed by atoms with van der Waals surface area (Å²) in [4.78, 5) is 49.8. The van der Waals surface area contributed by atoms with Gasteiger partial charge in [0.15, 0.2) is 0 Å². The maximum absolute atomic E-state index is 12.4. The lowest BCUT2D eigenvalue weighted by Crippen LogP contribution is -2.53. The number of ether oxygens (including phenoxy) is 1. The third kappa shape index (κ3) is 7.18. The summed E-state index contributed by atoms with van der Waals surface area (Å²) in [7, 11) is 0.